The number of hydrogen-bond donors (Lipinski definition) is 1. The fourth-order valence-corrected chi connectivity index (χ4v) is 3.07. The highest BCUT2D eigenvalue weighted by atomic mass is 32.2. The third-order valence-electron chi connectivity index (χ3n) is 3.24. The van der Waals surface area contributed by atoms with Crippen molar-refractivity contribution >= 4 is 28.6 Å². The maximum absolute atomic E-state index is 12.7. The lowest BCUT2D eigenvalue weighted by Crippen LogP contribution is -2.20. The molecule has 0 aliphatic heterocycles. The Bertz CT molecular complexity index is 721. The topological polar surface area (TPSA) is 59.2 Å². The van der Waals surface area contributed by atoms with E-state index in [1.165, 1.54) is 11.8 Å². The number of nitrogens with one attached hydrogen (secondary N) is 1. The molecule has 1 heterocycles. The normalized spacial score (nSPS) is 10.8. The molecule has 4 nitrogen and oxygen atoms in total. The summed E-state index contributed by atoms with van der Waals surface area (Å²) in [6.45, 7) is 6.00. The molecule has 21 heavy (non-hydrogen) atoms. The first kappa shape index (κ1) is 15.6. The highest BCUT2D eigenvalue weighted by Gasteiger charge is 2.20. The van der Waals surface area contributed by atoms with Crippen molar-refractivity contribution in [3.8, 4) is 0 Å². The van der Waals surface area contributed by atoms with Gasteiger partial charge in [0.15, 0.2) is 0 Å². The van der Waals surface area contributed by atoms with Gasteiger partial charge in [-0.15, -0.1) is 11.8 Å². The van der Waals surface area contributed by atoms with E-state index >= 15 is 0 Å². The third-order valence-corrected chi connectivity index (χ3v) is 4.12. The van der Waals surface area contributed by atoms with Gasteiger partial charge in [-0.1, -0.05) is 26.0 Å². The van der Waals surface area contributed by atoms with Gasteiger partial charge in [-0.2, -0.15) is 0 Å². The highest BCUT2D eigenvalue weighted by molar-refractivity contribution is 7.99. The van der Waals surface area contributed by atoms with Crippen molar-refractivity contribution in [2.24, 2.45) is 0 Å². The zero-order chi connectivity index (χ0) is 15.4. The van der Waals surface area contributed by atoms with E-state index in [1.807, 2.05) is 26.0 Å². The summed E-state index contributed by atoms with van der Waals surface area (Å²) in [5, 5.41) is 1.13. The number of hydrogen-bond acceptors (Lipinski definition) is 4. The van der Waals surface area contributed by atoms with Crippen LogP contribution in [0.5, 0.6) is 0 Å². The Morgan fingerprint density at radius 2 is 2.05 bits per heavy atom. The molecule has 0 unspecified atom stereocenters. The molecule has 2 rings (SSSR count). The van der Waals surface area contributed by atoms with Gasteiger partial charge >= 0.3 is 5.97 Å². The fourth-order valence-electron chi connectivity index (χ4n) is 2.29. The lowest BCUT2D eigenvalue weighted by molar-refractivity contribution is 0.0520. The molecule has 0 radical (unpaired) electrons. The smallest absolute Gasteiger partial charge is 0.344 e. The van der Waals surface area contributed by atoms with Crippen LogP contribution in [-0.4, -0.2) is 23.3 Å². The average molecular weight is 305 g/mol. The summed E-state index contributed by atoms with van der Waals surface area (Å²) in [4.78, 5) is 28.0. The maximum atomic E-state index is 12.7. The van der Waals surface area contributed by atoms with Gasteiger partial charge in [0.2, 0.25) is 5.43 Å². The number of aryl methyl sites for hydroxylation is 1. The quantitative estimate of drug-likeness (QED) is 0.679. The van der Waals surface area contributed by atoms with Crippen LogP contribution in [0, 0.1) is 0 Å². The molecule has 0 fully saturated rings. The third kappa shape index (κ3) is 2.97. The Kier molecular flexibility index (Phi) is 5.07. The molecule has 0 amide bonds. The molecule has 5 heteroatoms. The standard InChI is InChI=1S/C16H19NO3S/c1-4-10-8-7-9-11-13(10)17-15(21-6-3)12(14(11)18)16(19)20-5-2/h7-9H,4-6H2,1-3H3,(H,17,18). The van der Waals surface area contributed by atoms with E-state index in [-0.39, 0.29) is 17.6 Å². The number of fused-ring (bicyclic) bond motifs is 1. The Morgan fingerprint density at radius 1 is 1.29 bits per heavy atom. The molecule has 0 saturated carbocycles. The molecule has 0 aliphatic rings. The van der Waals surface area contributed by atoms with Crippen molar-refractivity contribution < 1.29 is 9.53 Å². The molecule has 0 aliphatic carbocycles. The molecular formula is C16H19NO3S. The lowest BCUT2D eigenvalue weighted by Gasteiger charge is -2.11. The largest absolute Gasteiger partial charge is 0.462 e. The second-order valence-electron chi connectivity index (χ2n) is 4.50. The van der Waals surface area contributed by atoms with Crippen molar-refractivity contribution in [2.45, 2.75) is 32.2 Å². The van der Waals surface area contributed by atoms with Crippen LogP contribution in [-0.2, 0) is 11.2 Å². The van der Waals surface area contributed by atoms with Crippen LogP contribution >= 0.6 is 11.8 Å². The zero-order valence-electron chi connectivity index (χ0n) is 12.5. The Labute approximate surface area is 127 Å². The van der Waals surface area contributed by atoms with E-state index in [2.05, 4.69) is 4.98 Å². The molecule has 0 spiro atoms. The van der Waals surface area contributed by atoms with Crippen LogP contribution in [0.25, 0.3) is 10.9 Å². The summed E-state index contributed by atoms with van der Waals surface area (Å²) < 4.78 is 5.03. The number of pyridine rings is 1. The van der Waals surface area contributed by atoms with Gasteiger partial charge in [-0.3, -0.25) is 4.79 Å². The monoisotopic (exact) mass is 305 g/mol. The number of carbonyl (C=O) groups excluding carboxylic acids is 1. The minimum absolute atomic E-state index is 0.115. The van der Waals surface area contributed by atoms with Crippen molar-refractivity contribution in [1.29, 1.82) is 0 Å². The lowest BCUT2D eigenvalue weighted by atomic mass is 10.1. The van der Waals surface area contributed by atoms with E-state index in [0.717, 1.165) is 23.3 Å². The van der Waals surface area contributed by atoms with Crippen LogP contribution < -0.4 is 5.43 Å². The molecule has 1 aromatic heterocycles. The van der Waals surface area contributed by atoms with Gasteiger partial charge in [-0.05, 0) is 30.7 Å². The van der Waals surface area contributed by atoms with Gasteiger partial charge < -0.3 is 9.72 Å². The highest BCUT2D eigenvalue weighted by Crippen LogP contribution is 2.24. The summed E-state index contributed by atoms with van der Waals surface area (Å²) >= 11 is 1.45. The minimum atomic E-state index is -0.557. The van der Waals surface area contributed by atoms with Gasteiger partial charge in [0.05, 0.1) is 17.1 Å². The van der Waals surface area contributed by atoms with Crippen LogP contribution in [0.4, 0.5) is 0 Å². The van der Waals surface area contributed by atoms with E-state index < -0.39 is 5.97 Å². The van der Waals surface area contributed by atoms with Gasteiger partial charge in [0.1, 0.15) is 5.56 Å². The first-order valence-electron chi connectivity index (χ1n) is 7.11. The van der Waals surface area contributed by atoms with Crippen LogP contribution in [0.15, 0.2) is 28.0 Å². The van der Waals surface area contributed by atoms with Gasteiger partial charge in [0, 0.05) is 5.39 Å². The SMILES string of the molecule is CCOC(=O)c1c(SCC)[nH]c2c(CC)cccc2c1=O. The number of rotatable bonds is 5. The Morgan fingerprint density at radius 3 is 2.67 bits per heavy atom. The number of aromatic nitrogens is 1. The molecule has 112 valence electrons. The van der Waals surface area contributed by atoms with Crippen molar-refractivity contribution in [1.82, 2.24) is 4.98 Å². The number of para-hydroxylation sites is 1. The van der Waals surface area contributed by atoms with Crippen molar-refractivity contribution in [3.63, 3.8) is 0 Å². The van der Waals surface area contributed by atoms with Crippen LogP contribution in [0.3, 0.4) is 0 Å². The molecule has 0 atom stereocenters. The predicted molar refractivity (Wildman–Crippen MR) is 86.3 cm³/mol. The van der Waals surface area contributed by atoms with E-state index in [4.69, 9.17) is 4.74 Å². The van der Waals surface area contributed by atoms with Crippen LogP contribution in [0.2, 0.25) is 0 Å². The summed E-state index contributed by atoms with van der Waals surface area (Å²) in [5.74, 6) is 0.209. The van der Waals surface area contributed by atoms with E-state index in [1.54, 1.807) is 13.0 Å². The first-order chi connectivity index (χ1) is 10.1. The van der Waals surface area contributed by atoms with Crippen molar-refractivity contribution in [2.75, 3.05) is 12.4 Å². The molecule has 2 aromatic rings. The number of H-pyrrole nitrogens is 1. The fraction of sp³-hybridized carbons (Fsp3) is 0.375. The van der Waals surface area contributed by atoms with E-state index in [0.29, 0.717) is 10.4 Å². The predicted octanol–water partition coefficient (Wildman–Crippen LogP) is 3.38. The summed E-state index contributed by atoms with van der Waals surface area (Å²) in [5.41, 5.74) is 1.74. The van der Waals surface area contributed by atoms with Crippen molar-refractivity contribution in [3.05, 3.63) is 39.5 Å². The molecule has 1 N–H and O–H groups in total. The van der Waals surface area contributed by atoms with Gasteiger partial charge in [-0.25, -0.2) is 4.79 Å². The number of esters is 1. The summed E-state index contributed by atoms with van der Waals surface area (Å²) in [6, 6.07) is 5.58. The van der Waals surface area contributed by atoms with Gasteiger partial charge in [0.25, 0.3) is 0 Å². The number of thioether (sulfide) groups is 1. The number of aromatic amines is 1. The molecule has 1 aromatic carbocycles. The number of benzene rings is 1. The first-order valence-corrected chi connectivity index (χ1v) is 8.10. The zero-order valence-corrected chi connectivity index (χ0v) is 13.3. The summed E-state index contributed by atoms with van der Waals surface area (Å²) in [7, 11) is 0. The maximum Gasteiger partial charge on any atom is 0.344 e. The molecule has 0 saturated heterocycles. The minimum Gasteiger partial charge on any atom is -0.462 e. The molecule has 0 bridgehead atoms. The van der Waals surface area contributed by atoms with Crippen LogP contribution in [0.1, 0.15) is 36.7 Å². The Balaban J connectivity index is 2.78. The number of ether oxygens (including phenoxy) is 1. The van der Waals surface area contributed by atoms with E-state index in [9.17, 15) is 9.59 Å². The summed E-state index contributed by atoms with van der Waals surface area (Å²) in [6.07, 6.45) is 0.822. The second-order valence-corrected chi connectivity index (χ2v) is 5.78. The Hall–Kier alpha value is -1.75. The molecular weight excluding hydrogens is 286 g/mol. The number of carbonyl (C=O) groups is 1. The second kappa shape index (κ2) is 6.80. The average Bonchev–Trinajstić information content (AvgIpc) is 2.47.